The van der Waals surface area contributed by atoms with Gasteiger partial charge in [0.1, 0.15) is 5.82 Å². The zero-order chi connectivity index (χ0) is 20.3. The van der Waals surface area contributed by atoms with Crippen LogP contribution in [0.4, 0.5) is 10.1 Å². The lowest BCUT2D eigenvalue weighted by atomic mass is 9.87. The van der Waals surface area contributed by atoms with Crippen LogP contribution in [-0.2, 0) is 0 Å². The number of nitrogens with one attached hydrogen (secondary N) is 2. The van der Waals surface area contributed by atoms with Crippen LogP contribution in [0.5, 0.6) is 0 Å². The van der Waals surface area contributed by atoms with Gasteiger partial charge in [0, 0.05) is 49.1 Å². The van der Waals surface area contributed by atoms with Gasteiger partial charge in [-0.05, 0) is 38.7 Å². The molecule has 0 atom stereocenters. The number of hydrogen-bond donors (Lipinski definition) is 2. The van der Waals surface area contributed by atoms with Crippen molar-refractivity contribution in [3.05, 3.63) is 38.3 Å². The number of rotatable bonds is 6. The number of nitriles is 1. The Kier molecular flexibility index (Phi) is 4.07. The maximum absolute atomic E-state index is 15.0. The molecule has 5 rings (SSSR count). The Morgan fingerprint density at radius 3 is 2.69 bits per heavy atom. The number of anilines is 1. The van der Waals surface area contributed by atoms with Gasteiger partial charge >= 0.3 is 5.69 Å². The topological polar surface area (TPSA) is 93.9 Å². The highest BCUT2D eigenvalue weighted by atomic mass is 19.1. The van der Waals surface area contributed by atoms with E-state index in [4.69, 9.17) is 5.26 Å². The lowest BCUT2D eigenvalue weighted by molar-refractivity contribution is 0.275. The number of nitrogens with zero attached hydrogens (tertiary/aromatic N) is 3. The number of aromatic amines is 1. The Labute approximate surface area is 167 Å². The summed E-state index contributed by atoms with van der Waals surface area (Å²) < 4.78 is 16.7. The average molecular weight is 397 g/mol. The first-order valence-corrected chi connectivity index (χ1v) is 10.3. The molecular weight excluding hydrogens is 373 g/mol. The zero-order valence-corrected chi connectivity index (χ0v) is 16.4. The lowest BCUT2D eigenvalue weighted by Gasteiger charge is -2.46. The largest absolute Gasteiger partial charge is 0.368 e. The monoisotopic (exact) mass is 397 g/mol. The Morgan fingerprint density at radius 2 is 2.07 bits per heavy atom. The van der Waals surface area contributed by atoms with Gasteiger partial charge in [-0.15, -0.1) is 0 Å². The van der Waals surface area contributed by atoms with Crippen LogP contribution in [0.15, 0.2) is 15.7 Å². The molecule has 7 nitrogen and oxygen atoms in total. The molecule has 3 aliphatic rings. The predicted octanol–water partition coefficient (Wildman–Crippen LogP) is 1.94. The summed E-state index contributed by atoms with van der Waals surface area (Å²) in [6.45, 7) is 3.97. The van der Waals surface area contributed by atoms with Crippen molar-refractivity contribution >= 4 is 16.6 Å². The molecule has 0 amide bonds. The van der Waals surface area contributed by atoms with Gasteiger partial charge < -0.3 is 10.2 Å². The first-order chi connectivity index (χ1) is 13.9. The molecule has 0 spiro atoms. The van der Waals surface area contributed by atoms with Crippen molar-refractivity contribution in [3.63, 3.8) is 0 Å². The smallest absolute Gasteiger partial charge is 0.329 e. The first kappa shape index (κ1) is 18.4. The van der Waals surface area contributed by atoms with Crippen LogP contribution < -0.4 is 21.5 Å². The van der Waals surface area contributed by atoms with E-state index >= 15 is 4.39 Å². The van der Waals surface area contributed by atoms with E-state index in [-0.39, 0.29) is 17.0 Å². The fourth-order valence-corrected chi connectivity index (χ4v) is 4.88. The van der Waals surface area contributed by atoms with Crippen LogP contribution in [0.3, 0.4) is 0 Å². The van der Waals surface area contributed by atoms with Gasteiger partial charge in [-0.3, -0.25) is 14.3 Å². The summed E-state index contributed by atoms with van der Waals surface area (Å²) in [5, 5.41) is 12.5. The highest BCUT2D eigenvalue weighted by Crippen LogP contribution is 2.48. The standard InChI is InChI=1S/C21H24FN5O2/c1-12-17-15(19(28)25-20(29)27(17)14-3-4-14)9-16(22)18(12)26-10-13(11-26)21(5-6-21)24-8-2-7-23/h9,13-14,24H,2-6,8,10-11H2,1H3,(H,25,28,29). The van der Waals surface area contributed by atoms with Gasteiger partial charge in [0.25, 0.3) is 5.56 Å². The molecule has 29 heavy (non-hydrogen) atoms. The summed E-state index contributed by atoms with van der Waals surface area (Å²) in [5.41, 5.74) is 0.870. The van der Waals surface area contributed by atoms with Gasteiger partial charge in [-0.2, -0.15) is 5.26 Å². The zero-order valence-electron chi connectivity index (χ0n) is 16.4. The Bertz CT molecular complexity index is 1150. The van der Waals surface area contributed by atoms with Crippen molar-refractivity contribution in [3.8, 4) is 6.07 Å². The molecule has 2 aliphatic carbocycles. The Morgan fingerprint density at radius 1 is 1.34 bits per heavy atom. The second-order valence-electron chi connectivity index (χ2n) is 8.68. The number of aryl methyl sites for hydroxylation is 1. The highest BCUT2D eigenvalue weighted by Gasteiger charge is 2.53. The maximum atomic E-state index is 15.0. The van der Waals surface area contributed by atoms with Crippen molar-refractivity contribution < 1.29 is 4.39 Å². The molecule has 152 valence electrons. The number of aromatic nitrogens is 2. The number of fused-ring (bicyclic) bond motifs is 1. The van der Waals surface area contributed by atoms with Crippen molar-refractivity contribution in [1.82, 2.24) is 14.9 Å². The van der Waals surface area contributed by atoms with E-state index in [0.29, 0.717) is 35.7 Å². The molecule has 0 radical (unpaired) electrons. The molecule has 1 aliphatic heterocycles. The molecular formula is C21H24FN5O2. The SMILES string of the molecule is Cc1c(N2CC(C3(NCCC#N)CC3)C2)c(F)cc2c(=O)[nH]c(=O)n(C3CC3)c12. The van der Waals surface area contributed by atoms with E-state index in [1.165, 1.54) is 6.07 Å². The third-order valence-corrected chi connectivity index (χ3v) is 6.78. The van der Waals surface area contributed by atoms with Crippen molar-refractivity contribution in [2.75, 3.05) is 24.5 Å². The molecule has 2 N–H and O–H groups in total. The predicted molar refractivity (Wildman–Crippen MR) is 108 cm³/mol. The van der Waals surface area contributed by atoms with E-state index in [1.807, 2.05) is 11.8 Å². The minimum absolute atomic E-state index is 0.0852. The van der Waals surface area contributed by atoms with E-state index in [9.17, 15) is 9.59 Å². The third kappa shape index (κ3) is 2.87. The summed E-state index contributed by atoms with van der Waals surface area (Å²) in [4.78, 5) is 29.1. The number of hydrogen-bond acceptors (Lipinski definition) is 5. The molecule has 1 aromatic carbocycles. The molecule has 8 heteroatoms. The summed E-state index contributed by atoms with van der Waals surface area (Å²) in [5.74, 6) is 0.00252. The lowest BCUT2D eigenvalue weighted by Crippen LogP contribution is -2.58. The molecule has 1 aromatic heterocycles. The summed E-state index contributed by atoms with van der Waals surface area (Å²) in [7, 11) is 0. The Hall–Kier alpha value is -2.66. The molecule has 3 fully saturated rings. The van der Waals surface area contributed by atoms with Gasteiger partial charge in [-0.25, -0.2) is 9.18 Å². The van der Waals surface area contributed by atoms with Crippen LogP contribution in [0.2, 0.25) is 0 Å². The van der Waals surface area contributed by atoms with Gasteiger partial charge in [0.05, 0.1) is 22.7 Å². The molecule has 1 saturated heterocycles. The minimum Gasteiger partial charge on any atom is -0.368 e. The Balaban J connectivity index is 1.48. The van der Waals surface area contributed by atoms with E-state index < -0.39 is 17.1 Å². The van der Waals surface area contributed by atoms with Gasteiger partial charge in [0.15, 0.2) is 0 Å². The normalized spacial score (nSPS) is 20.5. The molecule has 0 bridgehead atoms. The number of halogens is 1. The van der Waals surface area contributed by atoms with Crippen LogP contribution in [-0.4, -0.2) is 34.7 Å². The van der Waals surface area contributed by atoms with Crippen LogP contribution in [0.25, 0.3) is 10.9 Å². The van der Waals surface area contributed by atoms with Crippen molar-refractivity contribution in [2.45, 2.75) is 50.6 Å². The van der Waals surface area contributed by atoms with E-state index in [1.54, 1.807) is 4.57 Å². The maximum Gasteiger partial charge on any atom is 0.329 e. The van der Waals surface area contributed by atoms with Gasteiger partial charge in [0.2, 0.25) is 0 Å². The summed E-state index contributed by atoms with van der Waals surface area (Å²) >= 11 is 0. The quantitative estimate of drug-likeness (QED) is 0.727. The van der Waals surface area contributed by atoms with Gasteiger partial charge in [-0.1, -0.05) is 0 Å². The summed E-state index contributed by atoms with van der Waals surface area (Å²) in [6.07, 6.45) is 4.47. The van der Waals surface area contributed by atoms with Crippen molar-refractivity contribution in [1.29, 1.82) is 5.26 Å². The van der Waals surface area contributed by atoms with Crippen molar-refractivity contribution in [2.24, 2.45) is 5.92 Å². The van der Waals surface area contributed by atoms with E-state index in [2.05, 4.69) is 16.4 Å². The second kappa shape index (κ2) is 6.42. The van der Waals surface area contributed by atoms with Crippen LogP contribution in [0.1, 0.15) is 43.7 Å². The molecule has 0 unspecified atom stereocenters. The fourth-order valence-electron chi connectivity index (χ4n) is 4.88. The molecule has 2 saturated carbocycles. The fraction of sp³-hybridized carbons (Fsp3) is 0.571. The average Bonchev–Trinajstić information content (AvgIpc) is 3.54. The molecule has 2 heterocycles. The second-order valence-corrected chi connectivity index (χ2v) is 8.68. The molecule has 2 aromatic rings. The van der Waals surface area contributed by atoms with E-state index in [0.717, 1.165) is 38.8 Å². The number of H-pyrrole nitrogens is 1. The van der Waals surface area contributed by atoms with Crippen LogP contribution in [0, 0.1) is 30.0 Å². The number of benzene rings is 1. The highest BCUT2D eigenvalue weighted by molar-refractivity contribution is 5.87. The summed E-state index contributed by atoms with van der Waals surface area (Å²) in [6, 6.07) is 3.52. The van der Waals surface area contributed by atoms with Crippen LogP contribution >= 0.6 is 0 Å². The first-order valence-electron chi connectivity index (χ1n) is 10.3. The third-order valence-electron chi connectivity index (χ3n) is 6.78. The minimum atomic E-state index is -0.532.